The lowest BCUT2D eigenvalue weighted by Crippen LogP contribution is -2.13. The maximum Gasteiger partial charge on any atom is 0.123 e. The van der Waals surface area contributed by atoms with E-state index in [9.17, 15) is 4.39 Å². The number of rotatable bonds is 1. The minimum atomic E-state index is -0.222. The molecule has 0 amide bonds. The Kier molecular flexibility index (Phi) is 2.97. The molecule has 0 unspecified atom stereocenters. The maximum atomic E-state index is 12.9. The molecule has 2 heteroatoms. The molecule has 0 N–H and O–H groups in total. The van der Waals surface area contributed by atoms with Gasteiger partial charge < -0.3 is 0 Å². The Morgan fingerprint density at radius 2 is 1.59 bits per heavy atom. The van der Waals surface area contributed by atoms with Crippen molar-refractivity contribution in [3.8, 4) is 11.3 Å². The van der Waals surface area contributed by atoms with Crippen molar-refractivity contribution in [3.63, 3.8) is 0 Å². The highest BCUT2D eigenvalue weighted by molar-refractivity contribution is 5.59. The first-order chi connectivity index (χ1) is 7.97. The molecular weight excluding hydrogens is 213 g/mol. The van der Waals surface area contributed by atoms with Crippen LogP contribution >= 0.6 is 0 Å². The summed E-state index contributed by atoms with van der Waals surface area (Å²) in [6, 6.07) is 12.4. The maximum absolute atomic E-state index is 12.9. The van der Waals surface area contributed by atoms with E-state index in [-0.39, 0.29) is 11.2 Å². The molecule has 0 radical (unpaired) electrons. The third-order valence-electron chi connectivity index (χ3n) is 2.66. The van der Waals surface area contributed by atoms with Crippen LogP contribution in [0.4, 0.5) is 4.39 Å². The van der Waals surface area contributed by atoms with Crippen LogP contribution in [0.15, 0.2) is 42.5 Å². The lowest BCUT2D eigenvalue weighted by Gasteiger charge is -2.18. The van der Waals surface area contributed by atoms with Crippen molar-refractivity contribution in [3.05, 3.63) is 54.0 Å². The van der Waals surface area contributed by atoms with Crippen molar-refractivity contribution < 1.29 is 4.39 Å². The Morgan fingerprint density at radius 3 is 2.18 bits per heavy atom. The van der Waals surface area contributed by atoms with Crippen LogP contribution in [0.2, 0.25) is 0 Å². The first-order valence-corrected chi connectivity index (χ1v) is 5.70. The average molecular weight is 229 g/mol. The van der Waals surface area contributed by atoms with Crippen LogP contribution in [-0.4, -0.2) is 4.98 Å². The molecule has 1 nitrogen and oxygen atoms in total. The fraction of sp³-hybridized carbons (Fsp3) is 0.267. The second kappa shape index (κ2) is 4.28. The fourth-order valence-electron chi connectivity index (χ4n) is 1.63. The Labute approximate surface area is 101 Å². The van der Waals surface area contributed by atoms with Crippen molar-refractivity contribution in [2.24, 2.45) is 0 Å². The number of hydrogen-bond donors (Lipinski definition) is 0. The van der Waals surface area contributed by atoms with Gasteiger partial charge in [-0.1, -0.05) is 26.8 Å². The van der Waals surface area contributed by atoms with Crippen molar-refractivity contribution >= 4 is 0 Å². The van der Waals surface area contributed by atoms with Crippen molar-refractivity contribution in [1.29, 1.82) is 0 Å². The molecule has 1 aromatic carbocycles. The summed E-state index contributed by atoms with van der Waals surface area (Å²) in [6.45, 7) is 6.39. The van der Waals surface area contributed by atoms with Gasteiger partial charge >= 0.3 is 0 Å². The topological polar surface area (TPSA) is 12.9 Å². The van der Waals surface area contributed by atoms with Gasteiger partial charge in [0.25, 0.3) is 0 Å². The van der Waals surface area contributed by atoms with Crippen LogP contribution in [0, 0.1) is 5.82 Å². The molecule has 17 heavy (non-hydrogen) atoms. The molecule has 0 aliphatic heterocycles. The third kappa shape index (κ3) is 2.70. The zero-order valence-corrected chi connectivity index (χ0v) is 10.4. The number of pyridine rings is 1. The van der Waals surface area contributed by atoms with E-state index in [4.69, 9.17) is 0 Å². The monoisotopic (exact) mass is 229 g/mol. The second-order valence-corrected chi connectivity index (χ2v) is 5.16. The van der Waals surface area contributed by atoms with E-state index in [1.807, 2.05) is 18.2 Å². The number of benzene rings is 1. The fourth-order valence-corrected chi connectivity index (χ4v) is 1.63. The predicted octanol–water partition coefficient (Wildman–Crippen LogP) is 4.19. The zero-order chi connectivity index (χ0) is 12.5. The summed E-state index contributed by atoms with van der Waals surface area (Å²) < 4.78 is 12.9. The average Bonchev–Trinajstić information content (AvgIpc) is 2.29. The van der Waals surface area contributed by atoms with E-state index in [1.165, 1.54) is 12.1 Å². The van der Waals surface area contributed by atoms with Gasteiger partial charge in [-0.3, -0.25) is 4.98 Å². The van der Waals surface area contributed by atoms with Gasteiger partial charge in [0.1, 0.15) is 5.82 Å². The van der Waals surface area contributed by atoms with Crippen LogP contribution in [0.3, 0.4) is 0 Å². The number of nitrogens with zero attached hydrogens (tertiary/aromatic N) is 1. The molecule has 0 bridgehead atoms. The molecule has 88 valence electrons. The molecular formula is C15H16FN. The Hall–Kier alpha value is -1.70. The van der Waals surface area contributed by atoms with Gasteiger partial charge in [0.05, 0.1) is 5.69 Å². The van der Waals surface area contributed by atoms with Gasteiger partial charge in [-0.2, -0.15) is 0 Å². The minimum absolute atomic E-state index is 0.0238. The minimum Gasteiger partial charge on any atom is -0.252 e. The summed E-state index contributed by atoms with van der Waals surface area (Å²) in [4.78, 5) is 4.62. The van der Waals surface area contributed by atoms with Gasteiger partial charge in [-0.05, 0) is 36.4 Å². The third-order valence-corrected chi connectivity index (χ3v) is 2.66. The van der Waals surface area contributed by atoms with Crippen LogP contribution in [-0.2, 0) is 5.41 Å². The zero-order valence-electron chi connectivity index (χ0n) is 10.4. The second-order valence-electron chi connectivity index (χ2n) is 5.16. The van der Waals surface area contributed by atoms with E-state index in [1.54, 1.807) is 12.1 Å². The van der Waals surface area contributed by atoms with Crippen LogP contribution in [0.25, 0.3) is 11.3 Å². The van der Waals surface area contributed by atoms with Gasteiger partial charge in [-0.15, -0.1) is 0 Å². The highest BCUT2D eigenvalue weighted by Crippen LogP contribution is 2.24. The van der Waals surface area contributed by atoms with Crippen molar-refractivity contribution in [1.82, 2.24) is 4.98 Å². The normalized spacial score (nSPS) is 11.5. The predicted molar refractivity (Wildman–Crippen MR) is 68.3 cm³/mol. The Balaban J connectivity index is 2.43. The van der Waals surface area contributed by atoms with E-state index >= 15 is 0 Å². The Bertz CT molecular complexity index is 509. The molecule has 1 aromatic heterocycles. The molecule has 2 aromatic rings. The summed E-state index contributed by atoms with van der Waals surface area (Å²) in [6.07, 6.45) is 0. The molecule has 0 fully saturated rings. The molecule has 0 saturated carbocycles. The van der Waals surface area contributed by atoms with Crippen LogP contribution in [0.1, 0.15) is 26.5 Å². The number of halogens is 1. The largest absolute Gasteiger partial charge is 0.252 e. The lowest BCUT2D eigenvalue weighted by molar-refractivity contribution is 0.569. The van der Waals surface area contributed by atoms with E-state index in [2.05, 4.69) is 25.8 Å². The van der Waals surface area contributed by atoms with Crippen molar-refractivity contribution in [2.45, 2.75) is 26.2 Å². The number of aromatic nitrogens is 1. The smallest absolute Gasteiger partial charge is 0.123 e. The first kappa shape index (κ1) is 11.8. The van der Waals surface area contributed by atoms with E-state index < -0.39 is 0 Å². The lowest BCUT2D eigenvalue weighted by atomic mass is 9.91. The van der Waals surface area contributed by atoms with Gasteiger partial charge in [0.2, 0.25) is 0 Å². The van der Waals surface area contributed by atoms with E-state index in [0.29, 0.717) is 0 Å². The molecule has 0 aliphatic carbocycles. The molecule has 0 atom stereocenters. The summed E-state index contributed by atoms with van der Waals surface area (Å²) in [5, 5.41) is 0. The molecule has 0 saturated heterocycles. The van der Waals surface area contributed by atoms with Crippen molar-refractivity contribution in [2.75, 3.05) is 0 Å². The highest BCUT2D eigenvalue weighted by atomic mass is 19.1. The summed E-state index contributed by atoms with van der Waals surface area (Å²) >= 11 is 0. The summed E-state index contributed by atoms with van der Waals surface area (Å²) in [5.41, 5.74) is 2.89. The standard InChI is InChI=1S/C15H16FN/c1-15(2,3)14-6-4-5-13(17-14)11-7-9-12(16)10-8-11/h4-10H,1-3H3. The first-order valence-electron chi connectivity index (χ1n) is 5.70. The molecule has 0 aliphatic rings. The van der Waals surface area contributed by atoms with E-state index in [0.717, 1.165) is 17.0 Å². The molecule has 1 heterocycles. The van der Waals surface area contributed by atoms with Crippen LogP contribution in [0.5, 0.6) is 0 Å². The van der Waals surface area contributed by atoms with Gasteiger partial charge in [0.15, 0.2) is 0 Å². The van der Waals surface area contributed by atoms with Gasteiger partial charge in [-0.25, -0.2) is 4.39 Å². The summed E-state index contributed by atoms with van der Waals surface area (Å²) in [5.74, 6) is -0.222. The Morgan fingerprint density at radius 1 is 0.941 bits per heavy atom. The SMILES string of the molecule is CC(C)(C)c1cccc(-c2ccc(F)cc2)n1. The molecule has 0 spiro atoms. The highest BCUT2D eigenvalue weighted by Gasteiger charge is 2.15. The number of hydrogen-bond acceptors (Lipinski definition) is 1. The molecule has 2 rings (SSSR count). The summed E-state index contributed by atoms with van der Waals surface area (Å²) in [7, 11) is 0. The van der Waals surface area contributed by atoms with Gasteiger partial charge in [0, 0.05) is 16.7 Å². The van der Waals surface area contributed by atoms with Crippen LogP contribution < -0.4 is 0 Å². The quantitative estimate of drug-likeness (QED) is 0.714.